The first kappa shape index (κ1) is 17.4. The predicted molar refractivity (Wildman–Crippen MR) is 78.6 cm³/mol. The van der Waals surface area contributed by atoms with Crippen LogP contribution >= 0.6 is 0 Å². The van der Waals surface area contributed by atoms with E-state index in [2.05, 4.69) is 5.32 Å². The van der Waals surface area contributed by atoms with Gasteiger partial charge in [0.25, 0.3) is 5.91 Å². The van der Waals surface area contributed by atoms with Crippen LogP contribution in [0.1, 0.15) is 31.1 Å². The zero-order valence-corrected chi connectivity index (χ0v) is 12.7. The summed E-state index contributed by atoms with van der Waals surface area (Å²) in [5.74, 6) is -1.93. The quantitative estimate of drug-likeness (QED) is 0.751. The SMILES string of the molecule is CCNc1c(F)cc(C(=O)N(CC)CCOCC)cc1F. The molecule has 0 fully saturated rings. The number of anilines is 1. The predicted octanol–water partition coefficient (Wildman–Crippen LogP) is 2.90. The molecular formula is C15H22F2N2O2. The van der Waals surface area contributed by atoms with Crippen LogP contribution in [-0.4, -0.2) is 43.7 Å². The largest absolute Gasteiger partial charge is 0.381 e. The lowest BCUT2D eigenvalue weighted by Crippen LogP contribution is -2.34. The van der Waals surface area contributed by atoms with Crippen molar-refractivity contribution in [3.8, 4) is 0 Å². The number of halogens is 2. The molecule has 0 atom stereocenters. The van der Waals surface area contributed by atoms with Crippen LogP contribution in [0.3, 0.4) is 0 Å². The van der Waals surface area contributed by atoms with Crippen LogP contribution in [0.25, 0.3) is 0 Å². The van der Waals surface area contributed by atoms with Crippen molar-refractivity contribution in [1.29, 1.82) is 0 Å². The number of rotatable bonds is 8. The van der Waals surface area contributed by atoms with Gasteiger partial charge in [-0.25, -0.2) is 8.78 Å². The third kappa shape index (κ3) is 4.67. The average molecular weight is 300 g/mol. The van der Waals surface area contributed by atoms with Crippen molar-refractivity contribution in [2.45, 2.75) is 20.8 Å². The zero-order valence-electron chi connectivity index (χ0n) is 12.7. The smallest absolute Gasteiger partial charge is 0.254 e. The van der Waals surface area contributed by atoms with Crippen LogP contribution in [0, 0.1) is 11.6 Å². The molecule has 1 N–H and O–H groups in total. The summed E-state index contributed by atoms with van der Waals surface area (Å²) < 4.78 is 32.9. The van der Waals surface area contributed by atoms with Gasteiger partial charge in [0.2, 0.25) is 0 Å². The molecule has 6 heteroatoms. The molecule has 1 aromatic rings. The molecule has 0 aliphatic heterocycles. The number of hydrogen-bond acceptors (Lipinski definition) is 3. The molecule has 118 valence electrons. The fraction of sp³-hybridized carbons (Fsp3) is 0.533. The maximum absolute atomic E-state index is 13.8. The van der Waals surface area contributed by atoms with Crippen molar-refractivity contribution in [2.75, 3.05) is 38.2 Å². The topological polar surface area (TPSA) is 41.6 Å². The van der Waals surface area contributed by atoms with Gasteiger partial charge in [-0.05, 0) is 32.9 Å². The Bertz CT molecular complexity index is 458. The van der Waals surface area contributed by atoms with Crippen molar-refractivity contribution in [1.82, 2.24) is 4.90 Å². The molecule has 0 unspecified atom stereocenters. The molecule has 1 aromatic carbocycles. The van der Waals surface area contributed by atoms with E-state index < -0.39 is 17.5 Å². The van der Waals surface area contributed by atoms with Gasteiger partial charge in [-0.15, -0.1) is 0 Å². The number of benzene rings is 1. The first-order chi connectivity index (χ1) is 10.0. The van der Waals surface area contributed by atoms with Gasteiger partial charge < -0.3 is 15.0 Å². The number of nitrogens with one attached hydrogen (secondary N) is 1. The molecule has 0 bridgehead atoms. The standard InChI is InChI=1S/C15H22F2N2O2/c1-4-18-14-12(16)9-11(10-13(14)17)15(20)19(5-2)7-8-21-6-3/h9-10,18H,4-8H2,1-3H3. The van der Waals surface area contributed by atoms with Crippen molar-refractivity contribution < 1.29 is 18.3 Å². The van der Waals surface area contributed by atoms with Crippen LogP contribution in [0.4, 0.5) is 14.5 Å². The molecule has 1 rings (SSSR count). The van der Waals surface area contributed by atoms with E-state index in [0.29, 0.717) is 32.8 Å². The minimum atomic E-state index is -0.763. The Labute approximate surface area is 124 Å². The lowest BCUT2D eigenvalue weighted by Gasteiger charge is -2.21. The van der Waals surface area contributed by atoms with Gasteiger partial charge in [-0.3, -0.25) is 4.79 Å². The summed E-state index contributed by atoms with van der Waals surface area (Å²) in [6, 6.07) is 2.12. The molecule has 0 radical (unpaired) electrons. The molecular weight excluding hydrogens is 278 g/mol. The number of carbonyl (C=O) groups is 1. The van der Waals surface area contributed by atoms with E-state index in [-0.39, 0.29) is 11.3 Å². The number of nitrogens with zero attached hydrogens (tertiary/aromatic N) is 1. The molecule has 0 aliphatic rings. The summed E-state index contributed by atoms with van der Waals surface area (Å²) in [4.78, 5) is 13.8. The Morgan fingerprint density at radius 2 is 1.86 bits per heavy atom. The third-order valence-corrected chi connectivity index (χ3v) is 3.02. The Hall–Kier alpha value is -1.69. The number of amides is 1. The fourth-order valence-corrected chi connectivity index (χ4v) is 1.95. The van der Waals surface area contributed by atoms with Gasteiger partial charge in [0.15, 0.2) is 0 Å². The minimum Gasteiger partial charge on any atom is -0.381 e. The van der Waals surface area contributed by atoms with E-state index in [1.165, 1.54) is 4.90 Å². The summed E-state index contributed by atoms with van der Waals surface area (Å²) in [5.41, 5.74) is -0.198. The summed E-state index contributed by atoms with van der Waals surface area (Å²) in [6.07, 6.45) is 0. The average Bonchev–Trinajstić information content (AvgIpc) is 2.46. The highest BCUT2D eigenvalue weighted by atomic mass is 19.1. The Morgan fingerprint density at radius 1 is 1.24 bits per heavy atom. The molecule has 0 spiro atoms. The molecule has 0 aliphatic carbocycles. The van der Waals surface area contributed by atoms with Crippen molar-refractivity contribution in [2.24, 2.45) is 0 Å². The summed E-state index contributed by atoms with van der Waals surface area (Å²) in [6.45, 7) is 7.61. The zero-order chi connectivity index (χ0) is 15.8. The molecule has 21 heavy (non-hydrogen) atoms. The Kier molecular flexibility index (Phi) is 7.08. The second kappa shape index (κ2) is 8.56. The normalized spacial score (nSPS) is 10.5. The van der Waals surface area contributed by atoms with Gasteiger partial charge in [0.05, 0.1) is 6.61 Å². The highest BCUT2D eigenvalue weighted by Crippen LogP contribution is 2.21. The number of likely N-dealkylation sites (N-methyl/N-ethyl adjacent to an activating group) is 1. The first-order valence-electron chi connectivity index (χ1n) is 7.15. The molecule has 0 aromatic heterocycles. The second-order valence-corrected chi connectivity index (χ2v) is 4.43. The summed E-state index contributed by atoms with van der Waals surface area (Å²) in [5, 5.41) is 2.60. The lowest BCUT2D eigenvalue weighted by molar-refractivity contribution is 0.0668. The van der Waals surface area contributed by atoms with Crippen LogP contribution in [0.15, 0.2) is 12.1 Å². The molecule has 0 saturated carbocycles. The van der Waals surface area contributed by atoms with E-state index in [9.17, 15) is 13.6 Å². The number of carbonyl (C=O) groups excluding carboxylic acids is 1. The van der Waals surface area contributed by atoms with Gasteiger partial charge in [0.1, 0.15) is 17.3 Å². The van der Waals surface area contributed by atoms with E-state index in [1.807, 2.05) is 13.8 Å². The van der Waals surface area contributed by atoms with Gasteiger partial charge in [-0.1, -0.05) is 0 Å². The van der Waals surface area contributed by atoms with E-state index in [1.54, 1.807) is 6.92 Å². The van der Waals surface area contributed by atoms with Crippen molar-refractivity contribution >= 4 is 11.6 Å². The third-order valence-electron chi connectivity index (χ3n) is 3.02. The molecule has 0 heterocycles. The maximum atomic E-state index is 13.8. The van der Waals surface area contributed by atoms with E-state index in [4.69, 9.17) is 4.74 Å². The van der Waals surface area contributed by atoms with Gasteiger partial charge in [0, 0.05) is 31.8 Å². The van der Waals surface area contributed by atoms with Crippen LogP contribution in [0.2, 0.25) is 0 Å². The van der Waals surface area contributed by atoms with Crippen LogP contribution in [0.5, 0.6) is 0 Å². The summed E-state index contributed by atoms with van der Waals surface area (Å²) in [7, 11) is 0. The van der Waals surface area contributed by atoms with E-state index >= 15 is 0 Å². The monoisotopic (exact) mass is 300 g/mol. The lowest BCUT2D eigenvalue weighted by atomic mass is 10.1. The van der Waals surface area contributed by atoms with Crippen LogP contribution in [-0.2, 0) is 4.74 Å². The van der Waals surface area contributed by atoms with Crippen molar-refractivity contribution in [3.63, 3.8) is 0 Å². The fourth-order valence-electron chi connectivity index (χ4n) is 1.95. The first-order valence-corrected chi connectivity index (χ1v) is 7.15. The van der Waals surface area contributed by atoms with Crippen molar-refractivity contribution in [3.05, 3.63) is 29.3 Å². The number of hydrogen-bond donors (Lipinski definition) is 1. The number of ether oxygens (including phenoxy) is 1. The van der Waals surface area contributed by atoms with Gasteiger partial charge >= 0.3 is 0 Å². The Balaban J connectivity index is 2.90. The summed E-state index contributed by atoms with van der Waals surface area (Å²) >= 11 is 0. The molecule has 0 saturated heterocycles. The van der Waals surface area contributed by atoms with E-state index in [0.717, 1.165) is 12.1 Å². The second-order valence-electron chi connectivity index (χ2n) is 4.43. The highest BCUT2D eigenvalue weighted by Gasteiger charge is 2.18. The molecule has 1 amide bonds. The Morgan fingerprint density at radius 3 is 2.33 bits per heavy atom. The van der Waals surface area contributed by atoms with Crippen LogP contribution < -0.4 is 5.32 Å². The van der Waals surface area contributed by atoms with Gasteiger partial charge in [-0.2, -0.15) is 0 Å². The minimum absolute atomic E-state index is 0.00463. The molecule has 4 nitrogen and oxygen atoms in total. The highest BCUT2D eigenvalue weighted by molar-refractivity contribution is 5.94. The maximum Gasteiger partial charge on any atom is 0.254 e.